The number of aromatic nitrogens is 1. The number of aliphatic hydroxyl groups is 1. The van der Waals surface area contributed by atoms with Gasteiger partial charge in [-0.2, -0.15) is 0 Å². The number of rotatable bonds is 5. The fourth-order valence-electron chi connectivity index (χ4n) is 2.40. The van der Waals surface area contributed by atoms with Gasteiger partial charge in [0.25, 0.3) is 0 Å². The first-order valence-electron chi connectivity index (χ1n) is 6.99. The van der Waals surface area contributed by atoms with Crippen LogP contribution in [-0.4, -0.2) is 21.6 Å². The van der Waals surface area contributed by atoms with Crippen molar-refractivity contribution in [3.05, 3.63) is 58.9 Å². The minimum atomic E-state index is -0.375. The molecule has 0 radical (unpaired) electrons. The summed E-state index contributed by atoms with van der Waals surface area (Å²) in [5.41, 5.74) is 3.35. The number of carbonyl (C=O) groups is 1. The van der Waals surface area contributed by atoms with E-state index >= 15 is 0 Å². The lowest BCUT2D eigenvalue weighted by atomic mass is 10.0. The highest BCUT2D eigenvalue weighted by atomic mass is 16.3. The van der Waals surface area contributed by atoms with E-state index in [1.807, 2.05) is 61.7 Å². The van der Waals surface area contributed by atoms with Gasteiger partial charge in [-0.25, -0.2) is 0 Å². The minimum absolute atomic E-state index is 0.0379. The van der Waals surface area contributed by atoms with Gasteiger partial charge in [0, 0.05) is 29.1 Å². The van der Waals surface area contributed by atoms with Crippen LogP contribution in [0, 0.1) is 13.8 Å². The lowest BCUT2D eigenvalue weighted by molar-refractivity contribution is 0.103. The maximum absolute atomic E-state index is 12.5. The highest BCUT2D eigenvalue weighted by Crippen LogP contribution is 2.19. The maximum Gasteiger partial charge on any atom is 0.194 e. The van der Waals surface area contributed by atoms with E-state index in [2.05, 4.69) is 0 Å². The van der Waals surface area contributed by atoms with Crippen molar-refractivity contribution in [1.82, 2.24) is 4.57 Å². The lowest BCUT2D eigenvalue weighted by Crippen LogP contribution is -2.17. The Morgan fingerprint density at radius 2 is 1.90 bits per heavy atom. The Morgan fingerprint density at radius 1 is 1.25 bits per heavy atom. The number of aryl methyl sites for hydroxylation is 1. The van der Waals surface area contributed by atoms with Crippen LogP contribution in [0.4, 0.5) is 0 Å². The van der Waals surface area contributed by atoms with E-state index in [1.165, 1.54) is 0 Å². The Balaban J connectivity index is 2.35. The van der Waals surface area contributed by atoms with Crippen molar-refractivity contribution in [1.29, 1.82) is 0 Å². The molecule has 0 bridgehead atoms. The number of aliphatic hydroxyl groups excluding tert-OH is 1. The molecule has 1 unspecified atom stereocenters. The van der Waals surface area contributed by atoms with E-state index in [-0.39, 0.29) is 11.9 Å². The zero-order valence-corrected chi connectivity index (χ0v) is 12.3. The van der Waals surface area contributed by atoms with Gasteiger partial charge >= 0.3 is 0 Å². The monoisotopic (exact) mass is 271 g/mol. The fraction of sp³-hybridized carbons (Fsp3) is 0.353. The number of hydrogen-bond acceptors (Lipinski definition) is 2. The van der Waals surface area contributed by atoms with Crippen LogP contribution in [0.3, 0.4) is 0 Å². The molecule has 0 amide bonds. The Labute approximate surface area is 119 Å². The van der Waals surface area contributed by atoms with Crippen LogP contribution in [0.25, 0.3) is 0 Å². The van der Waals surface area contributed by atoms with Crippen molar-refractivity contribution in [2.24, 2.45) is 0 Å². The SMILES string of the molecule is CCC(O)Cn1c(C)cc(C(=O)c2ccccc2)c1C. The molecule has 20 heavy (non-hydrogen) atoms. The van der Waals surface area contributed by atoms with Gasteiger partial charge in [0.1, 0.15) is 0 Å². The number of carbonyl (C=O) groups excluding carboxylic acids is 1. The quantitative estimate of drug-likeness (QED) is 0.849. The summed E-state index contributed by atoms with van der Waals surface area (Å²) in [4.78, 5) is 12.5. The normalized spacial score (nSPS) is 12.4. The smallest absolute Gasteiger partial charge is 0.194 e. The van der Waals surface area contributed by atoms with Crippen LogP contribution >= 0.6 is 0 Å². The van der Waals surface area contributed by atoms with Gasteiger partial charge in [0.2, 0.25) is 0 Å². The summed E-state index contributed by atoms with van der Waals surface area (Å²) in [6, 6.07) is 11.2. The fourth-order valence-corrected chi connectivity index (χ4v) is 2.40. The predicted octanol–water partition coefficient (Wildman–Crippen LogP) is 3.11. The molecule has 0 aliphatic heterocycles. The van der Waals surface area contributed by atoms with Crippen molar-refractivity contribution in [2.45, 2.75) is 39.8 Å². The van der Waals surface area contributed by atoms with Gasteiger partial charge in [0.15, 0.2) is 5.78 Å². The second-order valence-corrected chi connectivity index (χ2v) is 5.15. The predicted molar refractivity (Wildman–Crippen MR) is 80.1 cm³/mol. The zero-order chi connectivity index (χ0) is 14.7. The van der Waals surface area contributed by atoms with Gasteiger partial charge in [-0.3, -0.25) is 4.79 Å². The molecule has 1 atom stereocenters. The molecule has 1 N–H and O–H groups in total. The van der Waals surface area contributed by atoms with Crippen molar-refractivity contribution in [3.8, 4) is 0 Å². The standard InChI is InChI=1S/C17H21NO2/c1-4-15(19)11-18-12(2)10-16(13(18)3)17(20)14-8-6-5-7-9-14/h5-10,15,19H,4,11H2,1-3H3. The van der Waals surface area contributed by atoms with Gasteiger partial charge in [-0.1, -0.05) is 37.3 Å². The van der Waals surface area contributed by atoms with Crippen molar-refractivity contribution in [3.63, 3.8) is 0 Å². The number of ketones is 1. The largest absolute Gasteiger partial charge is 0.391 e. The lowest BCUT2D eigenvalue weighted by Gasteiger charge is -2.13. The molecular formula is C17H21NO2. The van der Waals surface area contributed by atoms with Crippen LogP contribution in [0.15, 0.2) is 36.4 Å². The van der Waals surface area contributed by atoms with Crippen molar-refractivity contribution >= 4 is 5.78 Å². The molecule has 0 saturated heterocycles. The summed E-state index contributed by atoms with van der Waals surface area (Å²) >= 11 is 0. The van der Waals surface area contributed by atoms with Crippen LogP contribution in [0.2, 0.25) is 0 Å². The van der Waals surface area contributed by atoms with E-state index in [4.69, 9.17) is 0 Å². The summed E-state index contributed by atoms with van der Waals surface area (Å²) in [5, 5.41) is 9.82. The van der Waals surface area contributed by atoms with Gasteiger partial charge in [-0.05, 0) is 26.3 Å². The van der Waals surface area contributed by atoms with Crippen molar-refractivity contribution in [2.75, 3.05) is 0 Å². The third-order valence-electron chi connectivity index (χ3n) is 3.72. The highest BCUT2D eigenvalue weighted by molar-refractivity contribution is 6.09. The van der Waals surface area contributed by atoms with Crippen LogP contribution in [0.5, 0.6) is 0 Å². The molecule has 3 heteroatoms. The molecular weight excluding hydrogens is 250 g/mol. The Kier molecular flexibility index (Phi) is 4.40. The van der Waals surface area contributed by atoms with Crippen LogP contribution < -0.4 is 0 Å². The summed E-state index contributed by atoms with van der Waals surface area (Å²) in [6.45, 7) is 6.40. The second-order valence-electron chi connectivity index (χ2n) is 5.15. The first-order valence-corrected chi connectivity index (χ1v) is 6.99. The van der Waals surface area contributed by atoms with Gasteiger partial charge < -0.3 is 9.67 Å². The van der Waals surface area contributed by atoms with Gasteiger partial charge in [-0.15, -0.1) is 0 Å². The third-order valence-corrected chi connectivity index (χ3v) is 3.72. The molecule has 3 nitrogen and oxygen atoms in total. The van der Waals surface area contributed by atoms with E-state index in [0.29, 0.717) is 18.5 Å². The first-order chi connectivity index (χ1) is 9.54. The third kappa shape index (κ3) is 2.83. The summed E-state index contributed by atoms with van der Waals surface area (Å²) in [5.74, 6) is 0.0379. The van der Waals surface area contributed by atoms with E-state index < -0.39 is 0 Å². The Bertz CT molecular complexity index is 599. The molecule has 0 aliphatic carbocycles. The molecule has 1 aromatic heterocycles. The van der Waals surface area contributed by atoms with Crippen LogP contribution in [0.1, 0.15) is 40.7 Å². The van der Waals surface area contributed by atoms with E-state index in [1.54, 1.807) is 0 Å². The average Bonchev–Trinajstić information content (AvgIpc) is 2.75. The number of nitrogens with zero attached hydrogens (tertiary/aromatic N) is 1. The Morgan fingerprint density at radius 3 is 2.50 bits per heavy atom. The highest BCUT2D eigenvalue weighted by Gasteiger charge is 2.18. The zero-order valence-electron chi connectivity index (χ0n) is 12.3. The van der Waals surface area contributed by atoms with E-state index in [0.717, 1.165) is 17.0 Å². The molecule has 0 fully saturated rings. The van der Waals surface area contributed by atoms with Crippen molar-refractivity contribution < 1.29 is 9.90 Å². The Hall–Kier alpha value is -1.87. The van der Waals surface area contributed by atoms with Gasteiger partial charge in [0.05, 0.1) is 6.10 Å². The minimum Gasteiger partial charge on any atom is -0.391 e. The molecule has 2 aromatic rings. The topological polar surface area (TPSA) is 42.2 Å². The second kappa shape index (κ2) is 6.06. The molecule has 0 spiro atoms. The summed E-state index contributed by atoms with van der Waals surface area (Å²) < 4.78 is 2.02. The average molecular weight is 271 g/mol. The summed E-state index contributed by atoms with van der Waals surface area (Å²) in [6.07, 6.45) is 0.332. The molecule has 106 valence electrons. The first kappa shape index (κ1) is 14.5. The van der Waals surface area contributed by atoms with E-state index in [9.17, 15) is 9.90 Å². The molecule has 0 aliphatic rings. The molecule has 1 heterocycles. The van der Waals surface area contributed by atoms with Crippen LogP contribution in [-0.2, 0) is 6.54 Å². The molecule has 1 aromatic carbocycles. The number of benzene rings is 1. The molecule has 0 saturated carbocycles. The summed E-state index contributed by atoms with van der Waals surface area (Å²) in [7, 11) is 0. The number of hydrogen-bond donors (Lipinski definition) is 1. The molecule has 2 rings (SSSR count). The maximum atomic E-state index is 12.5.